The molecule has 1 fully saturated rings. The summed E-state index contributed by atoms with van der Waals surface area (Å²) in [6.07, 6.45) is 2.85. The van der Waals surface area contributed by atoms with Gasteiger partial charge in [0.05, 0.1) is 5.75 Å². The Morgan fingerprint density at radius 3 is 2.63 bits per heavy atom. The van der Waals surface area contributed by atoms with Gasteiger partial charge in [0.15, 0.2) is 0 Å². The second-order valence-electron chi connectivity index (χ2n) is 4.86. The van der Waals surface area contributed by atoms with Crippen LogP contribution in [0.4, 0.5) is 0 Å². The molecule has 0 atom stereocenters. The van der Waals surface area contributed by atoms with Crippen LogP contribution in [0.3, 0.4) is 0 Å². The highest BCUT2D eigenvalue weighted by atomic mass is 32.2. The Morgan fingerprint density at radius 1 is 1.21 bits per heavy atom. The maximum absolute atomic E-state index is 11.8. The van der Waals surface area contributed by atoms with E-state index in [-0.39, 0.29) is 5.75 Å². The Bertz CT molecular complexity index is 316. The monoisotopic (exact) mass is 293 g/mol. The lowest BCUT2D eigenvalue weighted by Gasteiger charge is -2.26. The molecule has 2 N–H and O–H groups in total. The molecule has 0 aromatic rings. The van der Waals surface area contributed by atoms with Crippen molar-refractivity contribution < 1.29 is 13.2 Å². The van der Waals surface area contributed by atoms with E-state index in [1.54, 1.807) is 7.11 Å². The van der Waals surface area contributed by atoms with E-state index in [4.69, 9.17) is 4.74 Å². The second kappa shape index (κ2) is 9.66. The third kappa shape index (κ3) is 8.54. The zero-order valence-electron chi connectivity index (χ0n) is 11.9. The summed E-state index contributed by atoms with van der Waals surface area (Å²) in [4.78, 5) is 2.19. The molecule has 0 unspecified atom stereocenters. The zero-order chi connectivity index (χ0) is 14.0. The molecule has 0 aromatic heterocycles. The summed E-state index contributed by atoms with van der Waals surface area (Å²) in [5.74, 6) is 0.199. The van der Waals surface area contributed by atoms with Crippen LogP contribution < -0.4 is 10.0 Å². The molecular formula is C12H27N3O3S. The highest BCUT2D eigenvalue weighted by Crippen LogP contribution is 1.97. The standard InChI is InChI=1S/C12H27N3O3S/c1-18-11-4-2-3-5-14-19(16,17)12-10-15-8-6-13-7-9-15/h13-14H,2-12H2,1H3. The summed E-state index contributed by atoms with van der Waals surface area (Å²) < 4.78 is 31.2. The molecule has 0 aliphatic carbocycles. The van der Waals surface area contributed by atoms with Crippen LogP contribution in [0.5, 0.6) is 0 Å². The molecule has 1 saturated heterocycles. The number of unbranched alkanes of at least 4 members (excludes halogenated alkanes) is 2. The average molecular weight is 293 g/mol. The normalized spacial score (nSPS) is 17.7. The maximum atomic E-state index is 11.8. The minimum absolute atomic E-state index is 0.199. The Morgan fingerprint density at radius 2 is 1.95 bits per heavy atom. The molecule has 0 saturated carbocycles. The van der Waals surface area contributed by atoms with Crippen molar-refractivity contribution in [2.24, 2.45) is 0 Å². The number of hydrogen-bond acceptors (Lipinski definition) is 5. The average Bonchev–Trinajstić information content (AvgIpc) is 2.42. The number of ether oxygens (including phenoxy) is 1. The Kier molecular flexibility index (Phi) is 8.56. The number of nitrogens with one attached hydrogen (secondary N) is 2. The lowest BCUT2D eigenvalue weighted by Crippen LogP contribution is -2.45. The van der Waals surface area contributed by atoms with Crippen molar-refractivity contribution >= 4 is 10.0 Å². The predicted molar refractivity (Wildman–Crippen MR) is 76.8 cm³/mol. The van der Waals surface area contributed by atoms with Gasteiger partial charge in [0.1, 0.15) is 0 Å². The molecule has 0 radical (unpaired) electrons. The van der Waals surface area contributed by atoms with Crippen LogP contribution in [0.25, 0.3) is 0 Å². The van der Waals surface area contributed by atoms with Gasteiger partial charge >= 0.3 is 0 Å². The largest absolute Gasteiger partial charge is 0.385 e. The first kappa shape index (κ1) is 16.8. The first-order valence-electron chi connectivity index (χ1n) is 7.03. The van der Waals surface area contributed by atoms with Gasteiger partial charge in [0.25, 0.3) is 0 Å². The van der Waals surface area contributed by atoms with Gasteiger partial charge in [0, 0.05) is 53.0 Å². The van der Waals surface area contributed by atoms with E-state index < -0.39 is 10.0 Å². The van der Waals surface area contributed by atoms with Crippen LogP contribution in [0.15, 0.2) is 0 Å². The minimum atomic E-state index is -3.12. The topological polar surface area (TPSA) is 70.7 Å². The van der Waals surface area contributed by atoms with Gasteiger partial charge in [-0.25, -0.2) is 13.1 Å². The zero-order valence-corrected chi connectivity index (χ0v) is 12.7. The van der Waals surface area contributed by atoms with E-state index >= 15 is 0 Å². The molecular weight excluding hydrogens is 266 g/mol. The summed E-state index contributed by atoms with van der Waals surface area (Å²) in [6, 6.07) is 0. The Labute approximate surface area is 116 Å². The van der Waals surface area contributed by atoms with Crippen molar-refractivity contribution in [3.05, 3.63) is 0 Å². The molecule has 1 aliphatic heterocycles. The lowest BCUT2D eigenvalue weighted by atomic mass is 10.2. The number of rotatable bonds is 10. The molecule has 0 bridgehead atoms. The van der Waals surface area contributed by atoms with Crippen LogP contribution in [0.2, 0.25) is 0 Å². The van der Waals surface area contributed by atoms with Gasteiger partial charge in [0.2, 0.25) is 10.0 Å². The molecule has 1 aliphatic rings. The molecule has 0 spiro atoms. The number of piperazine rings is 1. The van der Waals surface area contributed by atoms with Gasteiger partial charge in [-0.05, 0) is 19.3 Å². The van der Waals surface area contributed by atoms with Crippen LogP contribution >= 0.6 is 0 Å². The Hall–Kier alpha value is -0.210. The smallest absolute Gasteiger partial charge is 0.212 e. The molecule has 1 rings (SSSR count). The predicted octanol–water partition coefficient (Wildman–Crippen LogP) is -0.372. The third-order valence-corrected chi connectivity index (χ3v) is 4.60. The van der Waals surface area contributed by atoms with Crippen molar-refractivity contribution in [2.75, 3.05) is 58.7 Å². The summed E-state index contributed by atoms with van der Waals surface area (Å²) in [7, 11) is -1.44. The highest BCUT2D eigenvalue weighted by Gasteiger charge is 2.14. The SMILES string of the molecule is COCCCCCNS(=O)(=O)CCN1CCNCC1. The third-order valence-electron chi connectivity index (χ3n) is 3.23. The van der Waals surface area contributed by atoms with Gasteiger partial charge in [-0.1, -0.05) is 0 Å². The quantitative estimate of drug-likeness (QED) is 0.538. The first-order valence-corrected chi connectivity index (χ1v) is 8.68. The van der Waals surface area contributed by atoms with E-state index in [0.717, 1.165) is 52.0 Å². The first-order chi connectivity index (χ1) is 9.14. The molecule has 7 heteroatoms. The van der Waals surface area contributed by atoms with Crippen LogP contribution in [-0.4, -0.2) is 72.1 Å². The van der Waals surface area contributed by atoms with Gasteiger partial charge in [-0.3, -0.25) is 4.90 Å². The molecule has 0 amide bonds. The van der Waals surface area contributed by atoms with Crippen molar-refractivity contribution in [2.45, 2.75) is 19.3 Å². The highest BCUT2D eigenvalue weighted by molar-refractivity contribution is 7.89. The van der Waals surface area contributed by atoms with Crippen LogP contribution in [0.1, 0.15) is 19.3 Å². The van der Waals surface area contributed by atoms with Crippen molar-refractivity contribution in [3.8, 4) is 0 Å². The minimum Gasteiger partial charge on any atom is -0.385 e. The number of nitrogens with zero attached hydrogens (tertiary/aromatic N) is 1. The fraction of sp³-hybridized carbons (Fsp3) is 1.00. The second-order valence-corrected chi connectivity index (χ2v) is 6.78. The van der Waals surface area contributed by atoms with E-state index in [1.807, 2.05) is 0 Å². The molecule has 1 heterocycles. The number of methoxy groups -OCH3 is 1. The van der Waals surface area contributed by atoms with E-state index in [0.29, 0.717) is 13.1 Å². The summed E-state index contributed by atoms with van der Waals surface area (Å²) in [5.41, 5.74) is 0. The van der Waals surface area contributed by atoms with E-state index in [1.165, 1.54) is 0 Å². The van der Waals surface area contributed by atoms with Gasteiger partial charge in [-0.2, -0.15) is 0 Å². The van der Waals surface area contributed by atoms with E-state index in [2.05, 4.69) is 14.9 Å². The molecule has 6 nitrogen and oxygen atoms in total. The van der Waals surface area contributed by atoms with Crippen LogP contribution in [0, 0.1) is 0 Å². The van der Waals surface area contributed by atoms with Crippen molar-refractivity contribution in [1.82, 2.24) is 14.9 Å². The van der Waals surface area contributed by atoms with Crippen LogP contribution in [-0.2, 0) is 14.8 Å². The molecule has 0 aromatic carbocycles. The number of sulfonamides is 1. The van der Waals surface area contributed by atoms with Gasteiger partial charge < -0.3 is 10.1 Å². The Balaban J connectivity index is 2.06. The fourth-order valence-electron chi connectivity index (χ4n) is 2.03. The summed E-state index contributed by atoms with van der Waals surface area (Å²) >= 11 is 0. The lowest BCUT2D eigenvalue weighted by molar-refractivity contribution is 0.192. The van der Waals surface area contributed by atoms with E-state index in [9.17, 15) is 8.42 Å². The fourth-order valence-corrected chi connectivity index (χ4v) is 3.13. The summed E-state index contributed by atoms with van der Waals surface area (Å²) in [5, 5.41) is 3.25. The van der Waals surface area contributed by atoms with Gasteiger partial charge in [-0.15, -0.1) is 0 Å². The van der Waals surface area contributed by atoms with Crippen molar-refractivity contribution in [3.63, 3.8) is 0 Å². The number of hydrogen-bond donors (Lipinski definition) is 2. The van der Waals surface area contributed by atoms with Crippen molar-refractivity contribution in [1.29, 1.82) is 0 Å². The maximum Gasteiger partial charge on any atom is 0.212 e. The molecule has 114 valence electrons. The summed E-state index contributed by atoms with van der Waals surface area (Å²) in [6.45, 7) is 5.68. The molecule has 19 heavy (non-hydrogen) atoms.